The third-order valence-electron chi connectivity index (χ3n) is 2.62. The van der Waals surface area contributed by atoms with Crippen molar-refractivity contribution in [2.45, 2.75) is 19.5 Å². The van der Waals surface area contributed by atoms with Crippen molar-refractivity contribution in [2.75, 3.05) is 6.54 Å². The number of nitrogens with zero attached hydrogens (tertiary/aromatic N) is 2. The molecule has 0 saturated carbocycles. The fourth-order valence-electron chi connectivity index (χ4n) is 1.90. The highest BCUT2D eigenvalue weighted by molar-refractivity contribution is 5.37. The summed E-state index contributed by atoms with van der Waals surface area (Å²) in [5.41, 5.74) is 2.49. The zero-order chi connectivity index (χ0) is 9.26. The molecule has 2 heteroatoms. The maximum Gasteiger partial charge on any atom is 0.124 e. The van der Waals surface area contributed by atoms with Crippen LogP contribution in [0, 0.1) is 11.3 Å². The van der Waals surface area contributed by atoms with E-state index in [-0.39, 0.29) is 6.04 Å². The molecule has 0 spiro atoms. The molecule has 1 atom stereocenters. The molecule has 1 unspecified atom stereocenters. The summed E-state index contributed by atoms with van der Waals surface area (Å²) >= 11 is 0. The maximum absolute atomic E-state index is 9.02. The van der Waals surface area contributed by atoms with Crippen LogP contribution in [0.4, 0.5) is 0 Å². The first-order valence-corrected chi connectivity index (χ1v) is 4.58. The SMILES string of the molecule is CCN1Cc2ccccc2C1C#N. The van der Waals surface area contributed by atoms with Crippen LogP contribution in [0.25, 0.3) is 0 Å². The average molecular weight is 172 g/mol. The van der Waals surface area contributed by atoms with Crippen molar-refractivity contribution >= 4 is 0 Å². The lowest BCUT2D eigenvalue weighted by atomic mass is 10.1. The Kier molecular flexibility index (Phi) is 2.03. The van der Waals surface area contributed by atoms with Gasteiger partial charge in [0.15, 0.2) is 0 Å². The van der Waals surface area contributed by atoms with Crippen LogP contribution in [-0.2, 0) is 6.54 Å². The van der Waals surface area contributed by atoms with Gasteiger partial charge in [0.25, 0.3) is 0 Å². The van der Waals surface area contributed by atoms with Gasteiger partial charge in [-0.2, -0.15) is 5.26 Å². The Morgan fingerprint density at radius 1 is 1.54 bits per heavy atom. The maximum atomic E-state index is 9.02. The van der Waals surface area contributed by atoms with E-state index in [1.807, 2.05) is 12.1 Å². The lowest BCUT2D eigenvalue weighted by molar-refractivity contribution is 0.269. The predicted molar refractivity (Wildman–Crippen MR) is 50.9 cm³/mol. The molecule has 0 amide bonds. The van der Waals surface area contributed by atoms with E-state index in [1.165, 1.54) is 11.1 Å². The van der Waals surface area contributed by atoms with Crippen molar-refractivity contribution in [3.63, 3.8) is 0 Å². The Balaban J connectivity index is 2.41. The van der Waals surface area contributed by atoms with E-state index >= 15 is 0 Å². The Labute approximate surface area is 78.4 Å². The number of nitriles is 1. The molecular weight excluding hydrogens is 160 g/mol. The molecule has 0 aromatic heterocycles. The second-order valence-corrected chi connectivity index (χ2v) is 3.29. The second kappa shape index (κ2) is 3.20. The van der Waals surface area contributed by atoms with Gasteiger partial charge in [-0.25, -0.2) is 0 Å². The lowest BCUT2D eigenvalue weighted by Crippen LogP contribution is -2.20. The molecule has 2 nitrogen and oxygen atoms in total. The highest BCUT2D eigenvalue weighted by Crippen LogP contribution is 2.32. The van der Waals surface area contributed by atoms with Gasteiger partial charge < -0.3 is 0 Å². The number of benzene rings is 1. The van der Waals surface area contributed by atoms with Crippen LogP contribution >= 0.6 is 0 Å². The van der Waals surface area contributed by atoms with Crippen molar-refractivity contribution in [1.82, 2.24) is 4.90 Å². The monoisotopic (exact) mass is 172 g/mol. The number of fused-ring (bicyclic) bond motifs is 1. The molecule has 0 bridgehead atoms. The minimum absolute atomic E-state index is 0.0267. The molecular formula is C11H12N2. The first kappa shape index (κ1) is 8.28. The summed E-state index contributed by atoms with van der Waals surface area (Å²) in [6.45, 7) is 3.95. The van der Waals surface area contributed by atoms with Crippen molar-refractivity contribution < 1.29 is 0 Å². The predicted octanol–water partition coefficient (Wildman–Crippen LogP) is 2.09. The Hall–Kier alpha value is -1.33. The normalized spacial score (nSPS) is 21.1. The van der Waals surface area contributed by atoms with Gasteiger partial charge >= 0.3 is 0 Å². The van der Waals surface area contributed by atoms with Crippen molar-refractivity contribution in [1.29, 1.82) is 5.26 Å². The summed E-state index contributed by atoms with van der Waals surface area (Å²) in [5.74, 6) is 0. The van der Waals surface area contributed by atoms with Crippen LogP contribution < -0.4 is 0 Å². The van der Waals surface area contributed by atoms with Gasteiger partial charge in [-0.15, -0.1) is 0 Å². The fourth-order valence-corrected chi connectivity index (χ4v) is 1.90. The number of rotatable bonds is 1. The third kappa shape index (κ3) is 1.22. The van der Waals surface area contributed by atoms with Gasteiger partial charge in [-0.3, -0.25) is 4.90 Å². The number of hydrogen-bond donors (Lipinski definition) is 0. The summed E-state index contributed by atoms with van der Waals surface area (Å²) in [4.78, 5) is 2.19. The van der Waals surface area contributed by atoms with Crippen LogP contribution in [0.3, 0.4) is 0 Å². The van der Waals surface area contributed by atoms with Gasteiger partial charge in [0, 0.05) is 6.54 Å². The van der Waals surface area contributed by atoms with E-state index in [2.05, 4.69) is 30.0 Å². The van der Waals surface area contributed by atoms with Gasteiger partial charge in [0.05, 0.1) is 6.07 Å². The third-order valence-corrected chi connectivity index (χ3v) is 2.62. The van der Waals surface area contributed by atoms with Gasteiger partial charge in [0.1, 0.15) is 6.04 Å². The smallest absolute Gasteiger partial charge is 0.124 e. The molecule has 1 aromatic carbocycles. The molecule has 1 aliphatic rings. The molecule has 1 heterocycles. The molecule has 1 aliphatic heterocycles. The standard InChI is InChI=1S/C11H12N2/c1-2-13-8-9-5-3-4-6-10(9)11(13)7-12/h3-6,11H,2,8H2,1H3. The summed E-state index contributed by atoms with van der Waals surface area (Å²) in [7, 11) is 0. The topological polar surface area (TPSA) is 27.0 Å². The fraction of sp³-hybridized carbons (Fsp3) is 0.364. The molecule has 0 N–H and O–H groups in total. The van der Waals surface area contributed by atoms with Crippen LogP contribution in [0.15, 0.2) is 24.3 Å². The van der Waals surface area contributed by atoms with Crippen LogP contribution in [0.1, 0.15) is 24.1 Å². The lowest BCUT2D eigenvalue weighted by Gasteiger charge is -2.15. The Morgan fingerprint density at radius 3 is 3.00 bits per heavy atom. The van der Waals surface area contributed by atoms with E-state index in [9.17, 15) is 0 Å². The molecule has 0 saturated heterocycles. The molecule has 66 valence electrons. The van der Waals surface area contributed by atoms with Gasteiger partial charge in [0.2, 0.25) is 0 Å². The molecule has 1 aromatic rings. The van der Waals surface area contributed by atoms with Crippen molar-refractivity contribution in [3.05, 3.63) is 35.4 Å². The van der Waals surface area contributed by atoms with E-state index in [1.54, 1.807) is 0 Å². The summed E-state index contributed by atoms with van der Waals surface area (Å²) in [6.07, 6.45) is 0. The summed E-state index contributed by atoms with van der Waals surface area (Å²) in [6, 6.07) is 10.5. The van der Waals surface area contributed by atoms with Gasteiger partial charge in [-0.1, -0.05) is 31.2 Å². The molecule has 0 radical (unpaired) electrons. The highest BCUT2D eigenvalue weighted by atomic mass is 15.2. The first-order chi connectivity index (χ1) is 6.36. The van der Waals surface area contributed by atoms with E-state index in [0.717, 1.165) is 13.1 Å². The van der Waals surface area contributed by atoms with Crippen molar-refractivity contribution in [2.24, 2.45) is 0 Å². The Morgan fingerprint density at radius 2 is 2.31 bits per heavy atom. The second-order valence-electron chi connectivity index (χ2n) is 3.29. The zero-order valence-electron chi connectivity index (χ0n) is 7.70. The van der Waals surface area contributed by atoms with E-state index in [4.69, 9.17) is 5.26 Å². The average Bonchev–Trinajstić information content (AvgIpc) is 2.55. The molecule has 2 rings (SSSR count). The van der Waals surface area contributed by atoms with E-state index in [0.29, 0.717) is 0 Å². The van der Waals surface area contributed by atoms with Crippen molar-refractivity contribution in [3.8, 4) is 6.07 Å². The minimum atomic E-state index is -0.0267. The first-order valence-electron chi connectivity index (χ1n) is 4.58. The Bertz CT molecular complexity index is 351. The van der Waals surface area contributed by atoms with Crippen LogP contribution in [0.2, 0.25) is 0 Å². The van der Waals surface area contributed by atoms with Crippen LogP contribution in [-0.4, -0.2) is 11.4 Å². The number of hydrogen-bond acceptors (Lipinski definition) is 2. The quantitative estimate of drug-likeness (QED) is 0.648. The largest absolute Gasteiger partial charge is 0.280 e. The molecule has 13 heavy (non-hydrogen) atoms. The molecule has 0 aliphatic carbocycles. The molecule has 0 fully saturated rings. The highest BCUT2D eigenvalue weighted by Gasteiger charge is 2.27. The summed E-state index contributed by atoms with van der Waals surface area (Å²) in [5, 5.41) is 9.02. The van der Waals surface area contributed by atoms with Crippen LogP contribution in [0.5, 0.6) is 0 Å². The van der Waals surface area contributed by atoms with E-state index < -0.39 is 0 Å². The minimum Gasteiger partial charge on any atom is -0.280 e. The van der Waals surface area contributed by atoms with Gasteiger partial charge in [-0.05, 0) is 17.7 Å². The summed E-state index contributed by atoms with van der Waals surface area (Å²) < 4.78 is 0. The zero-order valence-corrected chi connectivity index (χ0v) is 7.70.